The van der Waals surface area contributed by atoms with Crippen LogP contribution in [0.25, 0.3) is 0 Å². The van der Waals surface area contributed by atoms with E-state index in [-0.39, 0.29) is 40.7 Å². The molecule has 9 heteroatoms. The highest BCUT2D eigenvalue weighted by molar-refractivity contribution is 7.89. The van der Waals surface area contributed by atoms with Crippen molar-refractivity contribution in [2.45, 2.75) is 36.6 Å². The van der Waals surface area contributed by atoms with E-state index >= 15 is 0 Å². The lowest BCUT2D eigenvalue weighted by molar-refractivity contribution is -0.117. The van der Waals surface area contributed by atoms with Gasteiger partial charge in [0.15, 0.2) is 0 Å². The highest BCUT2D eigenvalue weighted by atomic mass is 35.5. The minimum absolute atomic E-state index is 0. The molecule has 2 aliphatic rings. The Morgan fingerprint density at radius 2 is 1.96 bits per heavy atom. The minimum atomic E-state index is -3.58. The lowest BCUT2D eigenvalue weighted by Gasteiger charge is -2.17. The van der Waals surface area contributed by atoms with Crippen molar-refractivity contribution in [2.75, 3.05) is 25.0 Å². The van der Waals surface area contributed by atoms with Gasteiger partial charge in [0, 0.05) is 13.1 Å². The summed E-state index contributed by atoms with van der Waals surface area (Å²) in [4.78, 5) is 12.2. The molecule has 3 rings (SSSR count). The van der Waals surface area contributed by atoms with Crippen LogP contribution in [-0.2, 0) is 14.8 Å². The highest BCUT2D eigenvalue weighted by Crippen LogP contribution is 2.29. The Labute approximate surface area is 147 Å². The maximum atomic E-state index is 12.6. The second-order valence-corrected chi connectivity index (χ2v) is 7.87. The number of rotatable bonds is 4. The Hall–Kier alpha value is -1.35. The van der Waals surface area contributed by atoms with Gasteiger partial charge >= 0.3 is 0 Å². The molecule has 1 atom stereocenters. The summed E-state index contributed by atoms with van der Waals surface area (Å²) in [5.41, 5.74) is 0.129. The number of nitrogens with one attached hydrogen (secondary N) is 2. The molecule has 2 fully saturated rings. The van der Waals surface area contributed by atoms with Gasteiger partial charge in [0.05, 0.1) is 16.6 Å². The van der Waals surface area contributed by atoms with Crippen molar-refractivity contribution in [2.24, 2.45) is 0 Å². The van der Waals surface area contributed by atoms with Crippen molar-refractivity contribution in [1.29, 1.82) is 0 Å². The first-order valence-corrected chi connectivity index (χ1v) is 9.30. The van der Waals surface area contributed by atoms with Crippen molar-refractivity contribution >= 4 is 34.0 Å². The van der Waals surface area contributed by atoms with Gasteiger partial charge in [-0.3, -0.25) is 4.79 Å². The Kier molecular flexibility index (Phi) is 6.08. The van der Waals surface area contributed by atoms with E-state index in [9.17, 15) is 18.3 Å². The Morgan fingerprint density at radius 1 is 1.25 bits per heavy atom. The van der Waals surface area contributed by atoms with E-state index in [1.54, 1.807) is 0 Å². The van der Waals surface area contributed by atoms with E-state index in [2.05, 4.69) is 10.6 Å². The molecule has 0 aliphatic carbocycles. The van der Waals surface area contributed by atoms with E-state index in [1.165, 1.54) is 22.5 Å². The summed E-state index contributed by atoms with van der Waals surface area (Å²) in [6, 6.07) is 3.71. The van der Waals surface area contributed by atoms with E-state index in [0.29, 0.717) is 13.1 Å². The normalized spacial score (nSPS) is 21.4. The van der Waals surface area contributed by atoms with Gasteiger partial charge < -0.3 is 15.7 Å². The predicted molar refractivity (Wildman–Crippen MR) is 93.0 cm³/mol. The van der Waals surface area contributed by atoms with Crippen LogP contribution in [0.5, 0.6) is 5.75 Å². The molecule has 7 nitrogen and oxygen atoms in total. The van der Waals surface area contributed by atoms with E-state index in [0.717, 1.165) is 32.2 Å². The van der Waals surface area contributed by atoms with Crippen molar-refractivity contribution < 1.29 is 18.3 Å². The van der Waals surface area contributed by atoms with Crippen LogP contribution in [0.1, 0.15) is 25.7 Å². The zero-order chi connectivity index (χ0) is 16.4. The van der Waals surface area contributed by atoms with E-state index in [4.69, 9.17) is 0 Å². The molecule has 3 N–H and O–H groups in total. The van der Waals surface area contributed by atoms with E-state index in [1.807, 2.05) is 0 Å². The maximum absolute atomic E-state index is 12.6. The van der Waals surface area contributed by atoms with Gasteiger partial charge in [0.2, 0.25) is 15.9 Å². The van der Waals surface area contributed by atoms with Gasteiger partial charge in [0.1, 0.15) is 5.75 Å². The molecule has 1 aromatic rings. The zero-order valence-corrected chi connectivity index (χ0v) is 14.8. The fourth-order valence-electron chi connectivity index (χ4n) is 2.98. The molecule has 1 unspecified atom stereocenters. The number of carbonyl (C=O) groups excluding carboxylic acids is 1. The number of anilines is 1. The van der Waals surface area contributed by atoms with Crippen LogP contribution in [0, 0.1) is 0 Å². The summed E-state index contributed by atoms with van der Waals surface area (Å²) in [5.74, 6) is -0.398. The smallest absolute Gasteiger partial charge is 0.243 e. The number of aromatic hydroxyl groups is 1. The summed E-state index contributed by atoms with van der Waals surface area (Å²) in [5, 5.41) is 15.6. The molecule has 0 bridgehead atoms. The molecular formula is C15H22ClN3O4S. The SMILES string of the molecule is Cl.O=C(Nc1cc(S(=O)(=O)N2CCCC2)ccc1O)C1CCCN1. The summed E-state index contributed by atoms with van der Waals surface area (Å²) >= 11 is 0. The number of sulfonamides is 1. The van der Waals surface area contributed by atoms with Crippen LogP contribution in [0.15, 0.2) is 23.1 Å². The monoisotopic (exact) mass is 375 g/mol. The van der Waals surface area contributed by atoms with Gasteiger partial charge in [-0.05, 0) is 50.4 Å². The van der Waals surface area contributed by atoms with Crippen LogP contribution in [0.3, 0.4) is 0 Å². The quantitative estimate of drug-likeness (QED) is 0.689. The average molecular weight is 376 g/mol. The van der Waals surface area contributed by atoms with Gasteiger partial charge in [-0.25, -0.2) is 8.42 Å². The topological polar surface area (TPSA) is 98.7 Å². The number of hydrogen-bond acceptors (Lipinski definition) is 5. The number of halogens is 1. The molecule has 0 saturated carbocycles. The van der Waals surface area contributed by atoms with Crippen molar-refractivity contribution in [3.63, 3.8) is 0 Å². The molecular weight excluding hydrogens is 354 g/mol. The second kappa shape index (κ2) is 7.69. The fourth-order valence-corrected chi connectivity index (χ4v) is 4.53. The van der Waals surface area contributed by atoms with Gasteiger partial charge in [-0.15, -0.1) is 12.4 Å². The van der Waals surface area contributed by atoms with Crippen LogP contribution >= 0.6 is 12.4 Å². The summed E-state index contributed by atoms with van der Waals surface area (Å²) in [6.07, 6.45) is 3.37. The third-order valence-electron chi connectivity index (χ3n) is 4.31. The maximum Gasteiger partial charge on any atom is 0.243 e. The fraction of sp³-hybridized carbons (Fsp3) is 0.533. The molecule has 1 aromatic carbocycles. The van der Waals surface area contributed by atoms with Crippen LogP contribution in [0.2, 0.25) is 0 Å². The number of benzene rings is 1. The lowest BCUT2D eigenvalue weighted by atomic mass is 10.2. The zero-order valence-electron chi connectivity index (χ0n) is 13.2. The van der Waals surface area contributed by atoms with Crippen LogP contribution in [-0.4, -0.2) is 49.4 Å². The number of phenols is 1. The van der Waals surface area contributed by atoms with Crippen molar-refractivity contribution in [3.8, 4) is 5.75 Å². The Balaban J connectivity index is 0.00000208. The third kappa shape index (κ3) is 3.83. The van der Waals surface area contributed by atoms with Crippen molar-refractivity contribution in [3.05, 3.63) is 18.2 Å². The molecule has 0 spiro atoms. The average Bonchev–Trinajstić information content (AvgIpc) is 3.23. The Bertz CT molecular complexity index is 699. The van der Waals surface area contributed by atoms with Crippen LogP contribution in [0.4, 0.5) is 5.69 Å². The van der Waals surface area contributed by atoms with Crippen LogP contribution < -0.4 is 10.6 Å². The first-order chi connectivity index (χ1) is 11.0. The number of carbonyl (C=O) groups is 1. The lowest BCUT2D eigenvalue weighted by Crippen LogP contribution is -2.35. The standard InChI is InChI=1S/C15H21N3O4S.ClH/c19-14-6-5-11(23(21,22)18-8-1-2-9-18)10-13(14)17-15(20)12-4-3-7-16-12;/h5-6,10,12,16,19H,1-4,7-9H2,(H,17,20);1H. The first-order valence-electron chi connectivity index (χ1n) is 7.86. The highest BCUT2D eigenvalue weighted by Gasteiger charge is 2.28. The van der Waals surface area contributed by atoms with Gasteiger partial charge in [0.25, 0.3) is 0 Å². The molecule has 134 valence electrons. The molecule has 2 saturated heterocycles. The Morgan fingerprint density at radius 3 is 2.58 bits per heavy atom. The van der Waals surface area contributed by atoms with E-state index < -0.39 is 10.0 Å². The third-order valence-corrected chi connectivity index (χ3v) is 6.20. The summed E-state index contributed by atoms with van der Waals surface area (Å²) in [7, 11) is -3.58. The largest absolute Gasteiger partial charge is 0.506 e. The number of phenolic OH excluding ortho intramolecular Hbond substituents is 1. The molecule has 1 amide bonds. The number of hydrogen-bond donors (Lipinski definition) is 3. The first kappa shape index (κ1) is 19.0. The molecule has 2 heterocycles. The summed E-state index contributed by atoms with van der Waals surface area (Å²) < 4.78 is 26.6. The summed E-state index contributed by atoms with van der Waals surface area (Å²) in [6.45, 7) is 1.81. The molecule has 0 aromatic heterocycles. The molecule has 0 radical (unpaired) electrons. The number of amides is 1. The number of nitrogens with zero attached hydrogens (tertiary/aromatic N) is 1. The molecule has 2 aliphatic heterocycles. The van der Waals surface area contributed by atoms with Crippen molar-refractivity contribution in [1.82, 2.24) is 9.62 Å². The minimum Gasteiger partial charge on any atom is -0.506 e. The van der Waals surface area contributed by atoms with Gasteiger partial charge in [-0.1, -0.05) is 0 Å². The van der Waals surface area contributed by atoms with Gasteiger partial charge in [-0.2, -0.15) is 4.31 Å². The predicted octanol–water partition coefficient (Wildman–Crippen LogP) is 1.29. The molecule has 24 heavy (non-hydrogen) atoms. The second-order valence-electron chi connectivity index (χ2n) is 5.93.